The first-order valence-corrected chi connectivity index (χ1v) is 7.08. The number of carbonyl (C=O) groups is 1. The summed E-state index contributed by atoms with van der Waals surface area (Å²) in [6.45, 7) is 6.85. The maximum Gasteiger partial charge on any atom is 0.126 e. The standard InChI is InChI=1S/C3H6O.C3H6S.C2H7N.C2H6O.C2H6S.4CH4/c2*1-3(2)4;3*1-3-2;;;;/h2*1-2H3;3H,1-2H3;2*1-2H3;4*1H4. The Morgan fingerprint density at radius 2 is 0.905 bits per heavy atom. The highest BCUT2D eigenvalue weighted by atomic mass is 32.2. The van der Waals surface area contributed by atoms with Gasteiger partial charge in [0, 0.05) is 14.2 Å². The zero-order valence-electron chi connectivity index (χ0n) is 13.1. The maximum absolute atomic E-state index is 9.44. The molecule has 0 aliphatic rings. The number of ketones is 1. The van der Waals surface area contributed by atoms with E-state index in [0.29, 0.717) is 0 Å². The minimum absolute atomic E-state index is 0. The van der Waals surface area contributed by atoms with Gasteiger partial charge in [-0.3, -0.25) is 0 Å². The Morgan fingerprint density at radius 3 is 0.905 bits per heavy atom. The van der Waals surface area contributed by atoms with Gasteiger partial charge in [0.15, 0.2) is 0 Å². The zero-order chi connectivity index (χ0) is 15.3. The van der Waals surface area contributed by atoms with Crippen LogP contribution in [0.4, 0.5) is 0 Å². The Hall–Kier alpha value is 0.0300. The van der Waals surface area contributed by atoms with E-state index in [9.17, 15) is 4.79 Å². The number of nitrogens with one attached hydrogen (secondary N) is 1. The SMILES string of the molecule is C.C.C.C.CC(C)=O.CC(C)=S.CNC.COC.CSC. The predicted molar refractivity (Wildman–Crippen MR) is 115 cm³/mol. The lowest BCUT2D eigenvalue weighted by Crippen LogP contribution is -1.89. The molecule has 21 heavy (non-hydrogen) atoms. The number of Topliss-reactive ketones (excluding diaryl/α,β-unsaturated/α-hetero) is 1. The summed E-state index contributed by atoms with van der Waals surface area (Å²) >= 11 is 6.29. The van der Waals surface area contributed by atoms with Gasteiger partial charge >= 0.3 is 0 Å². The zero-order valence-corrected chi connectivity index (χ0v) is 14.8. The van der Waals surface area contributed by atoms with Crippen molar-refractivity contribution < 1.29 is 9.53 Å². The van der Waals surface area contributed by atoms with Gasteiger partial charge in [-0.1, -0.05) is 41.9 Å². The Labute approximate surface area is 148 Å². The number of hydrogen-bond acceptors (Lipinski definition) is 5. The molecule has 0 bridgehead atoms. The Bertz CT molecular complexity index is 109. The first-order chi connectivity index (χ1) is 7.71. The van der Waals surface area contributed by atoms with E-state index in [2.05, 4.69) is 22.3 Å². The quantitative estimate of drug-likeness (QED) is 0.575. The molecule has 0 heterocycles. The van der Waals surface area contributed by atoms with Crippen molar-refractivity contribution in [1.29, 1.82) is 0 Å². The van der Waals surface area contributed by atoms with Gasteiger partial charge in [-0.05, 0) is 59.2 Å². The molecule has 0 radical (unpaired) electrons. The molecule has 0 saturated heterocycles. The van der Waals surface area contributed by atoms with Crippen LogP contribution in [0.25, 0.3) is 0 Å². The van der Waals surface area contributed by atoms with Crippen LogP contribution in [0.2, 0.25) is 0 Å². The molecular weight excluding hydrogens is 302 g/mol. The van der Waals surface area contributed by atoms with E-state index in [1.807, 2.05) is 40.5 Å². The molecule has 0 rings (SSSR count). The van der Waals surface area contributed by atoms with Crippen molar-refractivity contribution in [2.24, 2.45) is 0 Å². The molecule has 0 aliphatic carbocycles. The summed E-state index contributed by atoms with van der Waals surface area (Å²) in [7, 11) is 7.00. The molecule has 1 N–H and O–H groups in total. The molecule has 0 aromatic carbocycles. The Kier molecular flexibility index (Phi) is 247. The Morgan fingerprint density at radius 1 is 0.905 bits per heavy atom. The van der Waals surface area contributed by atoms with Crippen molar-refractivity contribution in [2.75, 3.05) is 40.8 Å². The molecule has 140 valence electrons. The van der Waals surface area contributed by atoms with Gasteiger partial charge in [0.1, 0.15) is 5.78 Å². The van der Waals surface area contributed by atoms with E-state index in [-0.39, 0.29) is 35.5 Å². The highest BCUT2D eigenvalue weighted by Crippen LogP contribution is 1.70. The number of thiocarbonyl (C=S) groups is 1. The van der Waals surface area contributed by atoms with Gasteiger partial charge in [0.05, 0.1) is 0 Å². The number of ether oxygens (including phenoxy) is 1. The van der Waals surface area contributed by atoms with Crippen LogP contribution in [0.5, 0.6) is 0 Å². The normalized spacial score (nSPS) is 5.05. The molecule has 0 saturated carbocycles. The number of methoxy groups -OCH3 is 1. The summed E-state index contributed by atoms with van der Waals surface area (Å²) in [5, 5.41) is 2.75. The molecule has 0 aromatic heterocycles. The summed E-state index contributed by atoms with van der Waals surface area (Å²) in [6, 6.07) is 0. The van der Waals surface area contributed by atoms with Crippen molar-refractivity contribution in [3.63, 3.8) is 0 Å². The summed E-state index contributed by atoms with van der Waals surface area (Å²) in [4.78, 5) is 10.4. The van der Waals surface area contributed by atoms with E-state index in [0.717, 1.165) is 4.86 Å². The van der Waals surface area contributed by atoms with Gasteiger partial charge < -0.3 is 14.8 Å². The third-order valence-corrected chi connectivity index (χ3v) is 0. The number of rotatable bonds is 0. The van der Waals surface area contributed by atoms with Crippen LogP contribution in [-0.2, 0) is 9.53 Å². The second-order valence-corrected chi connectivity index (χ2v) is 4.77. The van der Waals surface area contributed by atoms with E-state index in [4.69, 9.17) is 0 Å². The lowest BCUT2D eigenvalue weighted by molar-refractivity contribution is -0.114. The molecule has 0 aromatic rings. The first kappa shape index (κ1) is 58.3. The number of hydrogen-bond donors (Lipinski definition) is 1. The van der Waals surface area contributed by atoms with Gasteiger partial charge in [-0.15, -0.1) is 0 Å². The topological polar surface area (TPSA) is 38.3 Å². The number of thioether (sulfide) groups is 1. The molecule has 0 unspecified atom stereocenters. The monoisotopic (exact) mass is 349 g/mol. The van der Waals surface area contributed by atoms with Crippen LogP contribution in [0.15, 0.2) is 0 Å². The molecule has 0 amide bonds. The average molecular weight is 350 g/mol. The molecule has 5 heteroatoms. The summed E-state index contributed by atoms with van der Waals surface area (Å²) < 4.78 is 4.25. The van der Waals surface area contributed by atoms with Crippen molar-refractivity contribution in [3.05, 3.63) is 0 Å². The van der Waals surface area contributed by atoms with Crippen molar-refractivity contribution in [1.82, 2.24) is 5.32 Å². The van der Waals surface area contributed by atoms with Crippen LogP contribution in [-0.4, -0.2) is 51.5 Å². The molecule has 0 aliphatic heterocycles. The average Bonchev–Trinajstić information content (AvgIpc) is 2.03. The van der Waals surface area contributed by atoms with Crippen LogP contribution < -0.4 is 5.32 Å². The lowest BCUT2D eigenvalue weighted by Gasteiger charge is -1.61. The third-order valence-electron chi connectivity index (χ3n) is 0. The second-order valence-electron chi connectivity index (χ2n) is 3.13. The van der Waals surface area contributed by atoms with E-state index in [1.54, 1.807) is 26.0 Å². The molecule has 0 spiro atoms. The fraction of sp³-hybridized carbons (Fsp3) is 0.875. The number of carbonyl (C=O) groups excluding carboxylic acids is 1. The summed E-state index contributed by atoms with van der Waals surface area (Å²) in [5.41, 5.74) is 0. The third kappa shape index (κ3) is 7230000. The van der Waals surface area contributed by atoms with Crippen LogP contribution >= 0.6 is 24.0 Å². The van der Waals surface area contributed by atoms with Crippen molar-refractivity contribution in [3.8, 4) is 0 Å². The van der Waals surface area contributed by atoms with Gasteiger partial charge in [0.2, 0.25) is 0 Å². The summed E-state index contributed by atoms with van der Waals surface area (Å²) in [6.07, 6.45) is 4.08. The fourth-order valence-corrected chi connectivity index (χ4v) is 0. The molecular formula is C16H47NO2S2. The fourth-order valence-electron chi connectivity index (χ4n) is 0. The Balaban J connectivity index is -0.0000000118. The minimum Gasteiger partial charge on any atom is -0.388 e. The predicted octanol–water partition coefficient (Wildman–Crippen LogP) is 5.61. The lowest BCUT2D eigenvalue weighted by atomic mass is 10.6. The van der Waals surface area contributed by atoms with E-state index < -0.39 is 0 Å². The van der Waals surface area contributed by atoms with Crippen molar-refractivity contribution in [2.45, 2.75) is 57.4 Å². The smallest absolute Gasteiger partial charge is 0.126 e. The van der Waals surface area contributed by atoms with Crippen LogP contribution in [0.1, 0.15) is 57.4 Å². The molecule has 3 nitrogen and oxygen atoms in total. The second kappa shape index (κ2) is 89.0. The van der Waals surface area contributed by atoms with Crippen LogP contribution in [0, 0.1) is 0 Å². The maximum atomic E-state index is 9.44. The molecule has 0 atom stereocenters. The van der Waals surface area contributed by atoms with Gasteiger partial charge in [0.25, 0.3) is 0 Å². The molecule has 0 fully saturated rings. The van der Waals surface area contributed by atoms with E-state index >= 15 is 0 Å². The largest absolute Gasteiger partial charge is 0.388 e. The highest BCUT2D eigenvalue weighted by Gasteiger charge is 1.62. The summed E-state index contributed by atoms with van der Waals surface area (Å²) in [5.74, 6) is 0.167. The van der Waals surface area contributed by atoms with Gasteiger partial charge in [-0.25, -0.2) is 0 Å². The minimum atomic E-state index is 0. The van der Waals surface area contributed by atoms with Crippen LogP contribution in [0.3, 0.4) is 0 Å². The first-order valence-electron chi connectivity index (χ1n) is 5.04. The van der Waals surface area contributed by atoms with Gasteiger partial charge in [-0.2, -0.15) is 11.8 Å². The highest BCUT2D eigenvalue weighted by molar-refractivity contribution is 7.97. The van der Waals surface area contributed by atoms with Crippen molar-refractivity contribution >= 4 is 34.6 Å². The van der Waals surface area contributed by atoms with E-state index in [1.165, 1.54) is 13.8 Å².